The molecule has 1 saturated heterocycles. The van der Waals surface area contributed by atoms with Gasteiger partial charge in [0, 0.05) is 12.4 Å². The Balaban J connectivity index is 1.45. The number of halogens is 1. The molecule has 0 radical (unpaired) electrons. The molecular formula is C27H32FN6O9P. The van der Waals surface area contributed by atoms with Crippen LogP contribution in [-0.2, 0) is 23.4 Å². The van der Waals surface area contributed by atoms with Crippen molar-refractivity contribution in [1.29, 1.82) is 0 Å². The summed E-state index contributed by atoms with van der Waals surface area (Å²) in [6, 6.07) is 9.44. The van der Waals surface area contributed by atoms with E-state index in [0.717, 1.165) is 10.8 Å². The molecule has 0 unspecified atom stereocenters. The van der Waals surface area contributed by atoms with E-state index in [1.54, 1.807) is 39.0 Å². The highest BCUT2D eigenvalue weighted by atomic mass is 31.2. The fourth-order valence-corrected chi connectivity index (χ4v) is 5.51. The van der Waals surface area contributed by atoms with Crippen molar-refractivity contribution in [3.8, 4) is 5.75 Å². The summed E-state index contributed by atoms with van der Waals surface area (Å²) in [5.74, 6) is -0.985. The third-order valence-corrected chi connectivity index (χ3v) is 7.73. The molecule has 0 spiro atoms. The zero-order chi connectivity index (χ0) is 32.0. The first-order valence-electron chi connectivity index (χ1n) is 13.5. The second-order valence-electron chi connectivity index (χ2n) is 9.98. The van der Waals surface area contributed by atoms with E-state index in [0.29, 0.717) is 5.82 Å². The lowest BCUT2D eigenvalue weighted by Gasteiger charge is -2.25. The molecule has 1 aromatic carbocycles. The standard InChI is InChI=1S/C27H32FN6O9P/c1-15(2)41-26(37)16(3)33-44(39,43-18-8-6-5-7-9-18)40-14-20-23(35)22(28)25(42-20)34-13-11-21(32-27(34)38)31-24(36)19-10-12-29-17(4)30-19/h5-13,15-16,20,22-23,25,35H,14H2,1-4H3,(H,33,39)(H,31,32,36,38)/t16-,20+,22+,23+,25+,44-/m0/s1. The maximum absolute atomic E-state index is 15.2. The molecule has 3 N–H and O–H groups in total. The number of hydrogen-bond donors (Lipinski definition) is 3. The van der Waals surface area contributed by atoms with Gasteiger partial charge in [-0.1, -0.05) is 18.2 Å². The summed E-state index contributed by atoms with van der Waals surface area (Å²) in [7, 11) is -4.34. The number of nitrogens with zero attached hydrogens (tertiary/aromatic N) is 4. The number of aliphatic hydroxyl groups excluding tert-OH is 1. The van der Waals surface area contributed by atoms with Crippen LogP contribution < -0.4 is 20.6 Å². The smallest absolute Gasteiger partial charge is 0.459 e. The number of nitrogens with one attached hydrogen (secondary N) is 2. The van der Waals surface area contributed by atoms with E-state index in [-0.39, 0.29) is 17.3 Å². The first kappa shape index (κ1) is 32.8. The van der Waals surface area contributed by atoms with Gasteiger partial charge in [0.05, 0.1) is 12.7 Å². The Labute approximate surface area is 251 Å². The van der Waals surface area contributed by atoms with Gasteiger partial charge in [-0.05, 0) is 52.0 Å². The zero-order valence-corrected chi connectivity index (χ0v) is 25.1. The van der Waals surface area contributed by atoms with E-state index < -0.39 is 68.7 Å². The van der Waals surface area contributed by atoms with Gasteiger partial charge in [0.25, 0.3) is 5.91 Å². The van der Waals surface area contributed by atoms with Crippen molar-refractivity contribution in [1.82, 2.24) is 24.6 Å². The molecule has 0 saturated carbocycles. The molecule has 3 aromatic rings. The van der Waals surface area contributed by atoms with E-state index in [1.165, 1.54) is 37.4 Å². The molecule has 3 heterocycles. The van der Waals surface area contributed by atoms with Crippen molar-refractivity contribution in [2.45, 2.75) is 64.4 Å². The molecule has 1 aliphatic heterocycles. The van der Waals surface area contributed by atoms with Crippen LogP contribution in [0.15, 0.2) is 59.7 Å². The molecule has 6 atom stereocenters. The number of hydrogen-bond acceptors (Lipinski definition) is 12. The second-order valence-corrected chi connectivity index (χ2v) is 11.7. The molecule has 1 amide bonds. The van der Waals surface area contributed by atoms with Gasteiger partial charge in [0.2, 0.25) is 0 Å². The zero-order valence-electron chi connectivity index (χ0n) is 24.2. The van der Waals surface area contributed by atoms with E-state index in [2.05, 4.69) is 25.4 Å². The van der Waals surface area contributed by atoms with Crippen LogP contribution in [-0.4, -0.2) is 73.6 Å². The molecule has 236 valence electrons. The Bertz CT molecular complexity index is 1580. The molecular weight excluding hydrogens is 602 g/mol. The normalized spacial score (nSPS) is 21.8. The number of aryl methyl sites for hydroxylation is 1. The quantitative estimate of drug-likeness (QED) is 0.194. The molecule has 15 nitrogen and oxygen atoms in total. The fraction of sp³-hybridized carbons (Fsp3) is 0.407. The van der Waals surface area contributed by atoms with Crippen LogP contribution in [0.5, 0.6) is 5.75 Å². The van der Waals surface area contributed by atoms with Gasteiger partial charge in [0.15, 0.2) is 12.4 Å². The van der Waals surface area contributed by atoms with Crippen LogP contribution in [0.25, 0.3) is 0 Å². The topological polar surface area (TPSA) is 193 Å². The van der Waals surface area contributed by atoms with Gasteiger partial charge in [-0.15, -0.1) is 0 Å². The van der Waals surface area contributed by atoms with Crippen molar-refractivity contribution < 1.29 is 42.2 Å². The molecule has 0 aliphatic carbocycles. The number of amides is 1. The van der Waals surface area contributed by atoms with Crippen LogP contribution >= 0.6 is 7.75 Å². The number of aliphatic hydroxyl groups is 1. The summed E-state index contributed by atoms with van der Waals surface area (Å²) in [5.41, 5.74) is -0.938. The van der Waals surface area contributed by atoms with Crippen LogP contribution in [0.1, 0.15) is 43.3 Å². The van der Waals surface area contributed by atoms with Gasteiger partial charge in [-0.3, -0.25) is 18.7 Å². The minimum atomic E-state index is -4.34. The molecule has 44 heavy (non-hydrogen) atoms. The van der Waals surface area contributed by atoms with Gasteiger partial charge in [0.1, 0.15) is 41.3 Å². The lowest BCUT2D eigenvalue weighted by molar-refractivity contribution is -0.149. The Hall–Kier alpha value is -4.08. The van der Waals surface area contributed by atoms with Crippen LogP contribution in [0.3, 0.4) is 0 Å². The van der Waals surface area contributed by atoms with Gasteiger partial charge >= 0.3 is 19.4 Å². The van der Waals surface area contributed by atoms with Crippen molar-refractivity contribution >= 4 is 25.4 Å². The number of aromatic nitrogens is 4. The number of carbonyl (C=O) groups excluding carboxylic acids is 2. The number of ether oxygens (including phenoxy) is 2. The van der Waals surface area contributed by atoms with Crippen molar-refractivity contribution in [3.63, 3.8) is 0 Å². The summed E-state index contributed by atoms with van der Waals surface area (Å²) in [6.45, 7) is 5.64. The molecule has 0 bridgehead atoms. The number of rotatable bonds is 12. The highest BCUT2D eigenvalue weighted by Crippen LogP contribution is 2.46. The van der Waals surface area contributed by atoms with Gasteiger partial charge < -0.3 is 24.4 Å². The number of benzene rings is 1. The predicted octanol–water partition coefficient (Wildman–Crippen LogP) is 2.32. The van der Waals surface area contributed by atoms with E-state index in [4.69, 9.17) is 18.5 Å². The van der Waals surface area contributed by atoms with Crippen molar-refractivity contribution in [3.05, 3.63) is 76.9 Å². The van der Waals surface area contributed by atoms with Crippen LogP contribution in [0.4, 0.5) is 10.2 Å². The molecule has 17 heteroatoms. The number of alkyl halides is 1. The summed E-state index contributed by atoms with van der Waals surface area (Å²) in [6.07, 6.45) is -4.86. The largest absolute Gasteiger partial charge is 0.462 e. The third kappa shape index (κ3) is 8.30. The van der Waals surface area contributed by atoms with E-state index in [1.807, 2.05) is 0 Å². The minimum Gasteiger partial charge on any atom is -0.462 e. The first-order chi connectivity index (χ1) is 20.8. The predicted molar refractivity (Wildman–Crippen MR) is 152 cm³/mol. The van der Waals surface area contributed by atoms with Gasteiger partial charge in [-0.25, -0.2) is 23.7 Å². The van der Waals surface area contributed by atoms with E-state index in [9.17, 15) is 24.1 Å². The van der Waals surface area contributed by atoms with Crippen LogP contribution in [0.2, 0.25) is 0 Å². The average Bonchev–Trinajstić information content (AvgIpc) is 3.25. The van der Waals surface area contributed by atoms with Crippen molar-refractivity contribution in [2.24, 2.45) is 0 Å². The maximum atomic E-state index is 15.2. The second kappa shape index (κ2) is 14.1. The fourth-order valence-electron chi connectivity index (χ4n) is 4.01. The summed E-state index contributed by atoms with van der Waals surface area (Å²) < 4.78 is 51.4. The first-order valence-corrected chi connectivity index (χ1v) is 15.0. The number of anilines is 1. The summed E-state index contributed by atoms with van der Waals surface area (Å²) in [5, 5.41) is 15.5. The number of para-hydroxylation sites is 1. The summed E-state index contributed by atoms with van der Waals surface area (Å²) >= 11 is 0. The maximum Gasteiger partial charge on any atom is 0.459 e. The molecule has 4 rings (SSSR count). The van der Waals surface area contributed by atoms with Gasteiger partial charge in [-0.2, -0.15) is 10.1 Å². The third-order valence-electron chi connectivity index (χ3n) is 6.08. The average molecular weight is 635 g/mol. The Morgan fingerprint density at radius 3 is 2.55 bits per heavy atom. The summed E-state index contributed by atoms with van der Waals surface area (Å²) in [4.78, 5) is 49.2. The minimum absolute atomic E-state index is 0.0478. The number of carbonyl (C=O) groups is 2. The number of esters is 1. The molecule has 1 aliphatic rings. The molecule has 2 aromatic heterocycles. The SMILES string of the molecule is Cc1nccc(C(=O)Nc2ccn([C@@H]3O[C@H](CO[P@@](=O)(N[C@@H](C)C(=O)OC(C)C)Oc4ccccc4)[C@@H](O)[C@H]3F)c(=O)n2)n1. The Morgan fingerprint density at radius 1 is 1.16 bits per heavy atom. The Kier molecular flexibility index (Phi) is 10.5. The lowest BCUT2D eigenvalue weighted by Crippen LogP contribution is -2.37. The monoisotopic (exact) mass is 634 g/mol. The highest BCUT2D eigenvalue weighted by Gasteiger charge is 2.47. The lowest BCUT2D eigenvalue weighted by atomic mass is 10.1. The van der Waals surface area contributed by atoms with Crippen LogP contribution in [0, 0.1) is 6.92 Å². The van der Waals surface area contributed by atoms with E-state index >= 15 is 4.39 Å². The van der Waals surface area contributed by atoms with Crippen molar-refractivity contribution in [2.75, 3.05) is 11.9 Å². The Morgan fingerprint density at radius 2 is 1.89 bits per heavy atom. The highest BCUT2D eigenvalue weighted by molar-refractivity contribution is 7.52. The molecule has 1 fully saturated rings.